The third-order valence-corrected chi connectivity index (χ3v) is 4.40. The molecule has 2 aromatic rings. The van der Waals surface area contributed by atoms with Crippen molar-refractivity contribution >= 4 is 39.8 Å². The molecule has 5 nitrogen and oxygen atoms in total. The Kier molecular flexibility index (Phi) is 6.49. The van der Waals surface area contributed by atoms with Gasteiger partial charge in [0.15, 0.2) is 11.5 Å². The fourth-order valence-electron chi connectivity index (χ4n) is 1.70. The second kappa shape index (κ2) is 8.59. The standard InChI is InChI=1S/C16H15BrN2O3S/c1-22-14-8-11(7-13(17)16(14)21)9-18-19-15(20)10-23-12-5-3-2-4-6-12/h2-9,21H,10H2,1H3,(H,19,20)/b18-9+. The maximum absolute atomic E-state index is 11.7. The van der Waals surface area contributed by atoms with Crippen molar-refractivity contribution in [2.45, 2.75) is 4.90 Å². The minimum atomic E-state index is -0.195. The number of nitrogens with zero attached hydrogens (tertiary/aromatic N) is 1. The van der Waals surface area contributed by atoms with Crippen LogP contribution in [0.2, 0.25) is 0 Å². The van der Waals surface area contributed by atoms with E-state index >= 15 is 0 Å². The second-order valence-corrected chi connectivity index (χ2v) is 6.35. The van der Waals surface area contributed by atoms with Crippen molar-refractivity contribution in [3.05, 3.63) is 52.5 Å². The van der Waals surface area contributed by atoms with Crippen molar-refractivity contribution in [3.8, 4) is 11.5 Å². The lowest BCUT2D eigenvalue weighted by Crippen LogP contribution is -2.19. The summed E-state index contributed by atoms with van der Waals surface area (Å²) in [5, 5.41) is 13.6. The first-order valence-electron chi connectivity index (χ1n) is 6.66. The lowest BCUT2D eigenvalue weighted by Gasteiger charge is -2.06. The van der Waals surface area contributed by atoms with Gasteiger partial charge in [-0.1, -0.05) is 18.2 Å². The lowest BCUT2D eigenvalue weighted by atomic mass is 10.2. The number of nitrogens with one attached hydrogen (secondary N) is 1. The molecule has 0 aliphatic rings. The highest BCUT2D eigenvalue weighted by Gasteiger charge is 2.07. The quantitative estimate of drug-likeness (QED) is 0.447. The first kappa shape index (κ1) is 17.4. The molecular formula is C16H15BrN2O3S. The van der Waals surface area contributed by atoms with Gasteiger partial charge in [0.1, 0.15) is 0 Å². The van der Waals surface area contributed by atoms with Crippen LogP contribution in [0.4, 0.5) is 0 Å². The summed E-state index contributed by atoms with van der Waals surface area (Å²) in [6.45, 7) is 0. The van der Waals surface area contributed by atoms with Gasteiger partial charge in [-0.05, 0) is 45.8 Å². The van der Waals surface area contributed by atoms with E-state index in [0.29, 0.717) is 15.8 Å². The van der Waals surface area contributed by atoms with Crippen LogP contribution in [0, 0.1) is 0 Å². The van der Waals surface area contributed by atoms with E-state index in [9.17, 15) is 9.90 Å². The molecule has 120 valence electrons. The molecule has 0 unspecified atom stereocenters. The number of carbonyl (C=O) groups is 1. The fraction of sp³-hybridized carbons (Fsp3) is 0.125. The van der Waals surface area contributed by atoms with Gasteiger partial charge in [-0.3, -0.25) is 4.79 Å². The van der Waals surface area contributed by atoms with Crippen LogP contribution in [-0.4, -0.2) is 30.1 Å². The number of halogens is 1. The molecule has 23 heavy (non-hydrogen) atoms. The van der Waals surface area contributed by atoms with Crippen molar-refractivity contribution in [1.29, 1.82) is 0 Å². The molecule has 0 aliphatic carbocycles. The molecule has 0 heterocycles. The number of aromatic hydroxyl groups is 1. The van der Waals surface area contributed by atoms with Gasteiger partial charge < -0.3 is 9.84 Å². The number of rotatable bonds is 6. The number of methoxy groups -OCH3 is 1. The molecule has 0 saturated heterocycles. The predicted octanol–water partition coefficient (Wildman–Crippen LogP) is 3.41. The Hall–Kier alpha value is -1.99. The summed E-state index contributed by atoms with van der Waals surface area (Å²) in [5.74, 6) is 0.434. The van der Waals surface area contributed by atoms with Crippen LogP contribution in [-0.2, 0) is 4.79 Å². The van der Waals surface area contributed by atoms with E-state index in [2.05, 4.69) is 26.5 Å². The molecule has 2 N–H and O–H groups in total. The van der Waals surface area contributed by atoms with Gasteiger partial charge in [0, 0.05) is 4.90 Å². The van der Waals surface area contributed by atoms with E-state index in [4.69, 9.17) is 4.74 Å². The summed E-state index contributed by atoms with van der Waals surface area (Å²) < 4.78 is 5.54. The van der Waals surface area contributed by atoms with Crippen LogP contribution in [0.5, 0.6) is 11.5 Å². The van der Waals surface area contributed by atoms with E-state index in [0.717, 1.165) is 4.90 Å². The maximum atomic E-state index is 11.7. The average molecular weight is 395 g/mol. The lowest BCUT2D eigenvalue weighted by molar-refractivity contribution is -0.118. The Bertz CT molecular complexity index is 708. The molecule has 0 aromatic heterocycles. The van der Waals surface area contributed by atoms with Crippen LogP contribution in [0.3, 0.4) is 0 Å². The van der Waals surface area contributed by atoms with Crippen molar-refractivity contribution in [2.75, 3.05) is 12.9 Å². The fourth-order valence-corrected chi connectivity index (χ4v) is 2.87. The highest BCUT2D eigenvalue weighted by atomic mass is 79.9. The number of ether oxygens (including phenoxy) is 1. The van der Waals surface area contributed by atoms with Crippen molar-refractivity contribution in [1.82, 2.24) is 5.43 Å². The van der Waals surface area contributed by atoms with Crippen LogP contribution < -0.4 is 10.2 Å². The Morgan fingerprint density at radius 1 is 1.39 bits per heavy atom. The van der Waals surface area contributed by atoms with Gasteiger partial charge in [-0.2, -0.15) is 5.10 Å². The van der Waals surface area contributed by atoms with Crippen LogP contribution in [0.25, 0.3) is 0 Å². The molecule has 0 atom stereocenters. The predicted molar refractivity (Wildman–Crippen MR) is 95.3 cm³/mol. The van der Waals surface area contributed by atoms with Crippen LogP contribution in [0.1, 0.15) is 5.56 Å². The summed E-state index contributed by atoms with van der Waals surface area (Å²) in [6, 6.07) is 13.0. The summed E-state index contributed by atoms with van der Waals surface area (Å²) in [7, 11) is 1.46. The van der Waals surface area contributed by atoms with Gasteiger partial charge in [-0.25, -0.2) is 5.43 Å². The van der Waals surface area contributed by atoms with Crippen molar-refractivity contribution < 1.29 is 14.6 Å². The SMILES string of the molecule is COc1cc(/C=N/NC(=O)CSc2ccccc2)cc(Br)c1O. The topological polar surface area (TPSA) is 70.9 Å². The Balaban J connectivity index is 1.89. The van der Waals surface area contributed by atoms with E-state index in [1.165, 1.54) is 25.1 Å². The number of hydrazone groups is 1. The van der Waals surface area contributed by atoms with Crippen molar-refractivity contribution in [3.63, 3.8) is 0 Å². The van der Waals surface area contributed by atoms with E-state index in [1.54, 1.807) is 12.1 Å². The maximum Gasteiger partial charge on any atom is 0.250 e. The summed E-state index contributed by atoms with van der Waals surface area (Å²) in [4.78, 5) is 12.8. The van der Waals surface area contributed by atoms with Crippen molar-refractivity contribution in [2.24, 2.45) is 5.10 Å². The number of phenolic OH excluding ortho intramolecular Hbond substituents is 1. The first-order chi connectivity index (χ1) is 11.1. The Morgan fingerprint density at radius 3 is 2.83 bits per heavy atom. The highest BCUT2D eigenvalue weighted by Crippen LogP contribution is 2.34. The molecule has 0 radical (unpaired) electrons. The van der Waals surface area contributed by atoms with Crippen LogP contribution in [0.15, 0.2) is 56.9 Å². The molecule has 0 spiro atoms. The number of thioether (sulfide) groups is 1. The monoisotopic (exact) mass is 394 g/mol. The summed E-state index contributed by atoms with van der Waals surface area (Å²) >= 11 is 4.67. The molecule has 2 aromatic carbocycles. The Labute approximate surface area is 146 Å². The zero-order valence-electron chi connectivity index (χ0n) is 12.3. The molecule has 7 heteroatoms. The second-order valence-electron chi connectivity index (χ2n) is 4.45. The third-order valence-electron chi connectivity index (χ3n) is 2.79. The van der Waals surface area contributed by atoms with Gasteiger partial charge in [0.05, 0.1) is 23.5 Å². The average Bonchev–Trinajstić information content (AvgIpc) is 2.57. The highest BCUT2D eigenvalue weighted by molar-refractivity contribution is 9.10. The molecular weight excluding hydrogens is 380 g/mol. The first-order valence-corrected chi connectivity index (χ1v) is 8.44. The normalized spacial score (nSPS) is 10.7. The number of benzene rings is 2. The molecule has 0 aliphatic heterocycles. The molecule has 0 fully saturated rings. The van der Waals surface area contributed by atoms with Gasteiger partial charge in [0.25, 0.3) is 0 Å². The largest absolute Gasteiger partial charge is 0.503 e. The summed E-state index contributed by atoms with van der Waals surface area (Å²) in [6.07, 6.45) is 1.48. The molecule has 0 saturated carbocycles. The number of amides is 1. The smallest absolute Gasteiger partial charge is 0.250 e. The molecule has 0 bridgehead atoms. The molecule has 2 rings (SSSR count). The number of carbonyl (C=O) groups excluding carboxylic acids is 1. The number of hydrogen-bond acceptors (Lipinski definition) is 5. The van der Waals surface area contributed by atoms with Gasteiger partial charge in [-0.15, -0.1) is 11.8 Å². The zero-order valence-corrected chi connectivity index (χ0v) is 14.7. The number of hydrogen-bond donors (Lipinski definition) is 2. The zero-order chi connectivity index (χ0) is 16.7. The Morgan fingerprint density at radius 2 is 2.13 bits per heavy atom. The van der Waals surface area contributed by atoms with E-state index in [1.807, 2.05) is 30.3 Å². The van der Waals surface area contributed by atoms with Gasteiger partial charge >= 0.3 is 0 Å². The van der Waals surface area contributed by atoms with Crippen LogP contribution >= 0.6 is 27.7 Å². The minimum Gasteiger partial charge on any atom is -0.503 e. The summed E-state index contributed by atoms with van der Waals surface area (Å²) in [5.41, 5.74) is 3.15. The van der Waals surface area contributed by atoms with E-state index < -0.39 is 0 Å². The third kappa shape index (κ3) is 5.30. The van der Waals surface area contributed by atoms with E-state index in [-0.39, 0.29) is 17.4 Å². The number of phenols is 1. The van der Waals surface area contributed by atoms with Gasteiger partial charge in [0.2, 0.25) is 5.91 Å². The minimum absolute atomic E-state index is 0.0212. The molecule has 1 amide bonds.